The van der Waals surface area contributed by atoms with E-state index in [1.807, 2.05) is 11.0 Å². The van der Waals surface area contributed by atoms with Gasteiger partial charge in [0.05, 0.1) is 6.42 Å². The number of aromatic hydroxyl groups is 1. The SMILES string of the molecule is Cl.NC1CCCC12CCN(C(=O)Cc1cccc(O)c1)CC2. The quantitative estimate of drug-likeness (QED) is 0.878. The van der Waals surface area contributed by atoms with Gasteiger partial charge in [0.1, 0.15) is 5.75 Å². The Balaban J connectivity index is 0.00000176. The second kappa shape index (κ2) is 6.88. The van der Waals surface area contributed by atoms with Crippen LogP contribution in [0.4, 0.5) is 0 Å². The average molecular weight is 325 g/mol. The van der Waals surface area contributed by atoms with E-state index < -0.39 is 0 Å². The van der Waals surface area contributed by atoms with Crippen LogP contribution in [0.15, 0.2) is 24.3 Å². The summed E-state index contributed by atoms with van der Waals surface area (Å²) in [6.07, 6.45) is 6.05. The maximum absolute atomic E-state index is 12.4. The molecule has 5 heteroatoms. The number of piperidine rings is 1. The number of carbonyl (C=O) groups excluding carboxylic acids is 1. The molecule has 1 spiro atoms. The van der Waals surface area contributed by atoms with Gasteiger partial charge in [-0.05, 0) is 48.8 Å². The number of halogens is 1. The molecule has 1 saturated carbocycles. The smallest absolute Gasteiger partial charge is 0.226 e. The summed E-state index contributed by atoms with van der Waals surface area (Å²) in [6.45, 7) is 1.65. The maximum Gasteiger partial charge on any atom is 0.226 e. The third-order valence-electron chi connectivity index (χ3n) is 5.35. The van der Waals surface area contributed by atoms with Crippen molar-refractivity contribution in [3.8, 4) is 5.75 Å². The number of benzene rings is 1. The van der Waals surface area contributed by atoms with Crippen molar-refractivity contribution in [2.75, 3.05) is 13.1 Å². The van der Waals surface area contributed by atoms with E-state index in [1.54, 1.807) is 18.2 Å². The molecule has 2 fully saturated rings. The van der Waals surface area contributed by atoms with Crippen molar-refractivity contribution in [1.29, 1.82) is 0 Å². The molecule has 0 radical (unpaired) electrons. The van der Waals surface area contributed by atoms with Gasteiger partial charge in [0.25, 0.3) is 0 Å². The van der Waals surface area contributed by atoms with Crippen molar-refractivity contribution in [2.24, 2.45) is 11.1 Å². The van der Waals surface area contributed by atoms with E-state index >= 15 is 0 Å². The van der Waals surface area contributed by atoms with Crippen LogP contribution in [0.5, 0.6) is 5.75 Å². The van der Waals surface area contributed by atoms with Crippen molar-refractivity contribution in [1.82, 2.24) is 4.90 Å². The molecular weight excluding hydrogens is 300 g/mol. The summed E-state index contributed by atoms with van der Waals surface area (Å²) in [5.41, 5.74) is 7.44. The van der Waals surface area contributed by atoms with E-state index in [1.165, 1.54) is 12.8 Å². The van der Waals surface area contributed by atoms with Gasteiger partial charge in [-0.2, -0.15) is 0 Å². The Labute approximate surface area is 138 Å². The van der Waals surface area contributed by atoms with Crippen LogP contribution in [0.1, 0.15) is 37.7 Å². The van der Waals surface area contributed by atoms with Gasteiger partial charge in [-0.1, -0.05) is 18.6 Å². The summed E-state index contributed by atoms with van der Waals surface area (Å²) in [4.78, 5) is 14.3. The van der Waals surface area contributed by atoms with Crippen molar-refractivity contribution in [2.45, 2.75) is 44.6 Å². The highest BCUT2D eigenvalue weighted by Crippen LogP contribution is 2.45. The fourth-order valence-electron chi connectivity index (χ4n) is 3.94. The maximum atomic E-state index is 12.4. The van der Waals surface area contributed by atoms with Gasteiger partial charge in [0, 0.05) is 19.1 Å². The first-order chi connectivity index (χ1) is 10.1. The lowest BCUT2D eigenvalue weighted by atomic mass is 9.74. The Morgan fingerprint density at radius 3 is 2.64 bits per heavy atom. The Morgan fingerprint density at radius 1 is 1.32 bits per heavy atom. The van der Waals surface area contributed by atoms with Gasteiger partial charge in [0.15, 0.2) is 0 Å². The molecule has 1 aliphatic carbocycles. The van der Waals surface area contributed by atoms with Crippen LogP contribution in [0, 0.1) is 5.41 Å². The lowest BCUT2D eigenvalue weighted by molar-refractivity contribution is -0.132. The van der Waals surface area contributed by atoms with E-state index in [9.17, 15) is 9.90 Å². The van der Waals surface area contributed by atoms with Crippen LogP contribution >= 0.6 is 12.4 Å². The first kappa shape index (κ1) is 17.1. The van der Waals surface area contributed by atoms with Gasteiger partial charge in [-0.25, -0.2) is 0 Å². The molecule has 2 aliphatic rings. The molecule has 3 N–H and O–H groups in total. The molecule has 22 heavy (non-hydrogen) atoms. The van der Waals surface area contributed by atoms with Crippen molar-refractivity contribution >= 4 is 18.3 Å². The number of rotatable bonds is 2. The average Bonchev–Trinajstić information content (AvgIpc) is 2.81. The van der Waals surface area contributed by atoms with Gasteiger partial charge >= 0.3 is 0 Å². The molecule has 1 amide bonds. The fraction of sp³-hybridized carbons (Fsp3) is 0.588. The number of phenols is 1. The van der Waals surface area contributed by atoms with Crippen LogP contribution in [0.3, 0.4) is 0 Å². The highest BCUT2D eigenvalue weighted by atomic mass is 35.5. The second-order valence-electron chi connectivity index (χ2n) is 6.59. The van der Waals surface area contributed by atoms with Gasteiger partial charge in [0.2, 0.25) is 5.91 Å². The highest BCUT2D eigenvalue weighted by molar-refractivity contribution is 5.85. The topological polar surface area (TPSA) is 66.6 Å². The predicted octanol–water partition coefficient (Wildman–Crippen LogP) is 2.48. The Hall–Kier alpha value is -1.26. The molecule has 3 rings (SSSR count). The number of carbonyl (C=O) groups is 1. The van der Waals surface area contributed by atoms with Crippen LogP contribution in [-0.4, -0.2) is 35.0 Å². The molecule has 1 atom stereocenters. The van der Waals surface area contributed by atoms with Crippen LogP contribution in [0.25, 0.3) is 0 Å². The van der Waals surface area contributed by atoms with E-state index in [0.717, 1.165) is 37.9 Å². The number of phenolic OH excluding ortho intramolecular Hbond substituents is 1. The van der Waals surface area contributed by atoms with Gasteiger partial charge in [-0.15, -0.1) is 12.4 Å². The summed E-state index contributed by atoms with van der Waals surface area (Å²) in [6, 6.07) is 7.27. The molecule has 1 unspecified atom stereocenters. The van der Waals surface area contributed by atoms with Crippen molar-refractivity contribution in [3.05, 3.63) is 29.8 Å². The van der Waals surface area contributed by atoms with Crippen LogP contribution < -0.4 is 5.73 Å². The first-order valence-electron chi connectivity index (χ1n) is 7.90. The molecule has 1 heterocycles. The first-order valence-corrected chi connectivity index (χ1v) is 7.90. The van der Waals surface area contributed by atoms with E-state index in [-0.39, 0.29) is 24.1 Å². The molecule has 1 saturated heterocycles. The largest absolute Gasteiger partial charge is 0.508 e. The zero-order chi connectivity index (χ0) is 14.9. The molecule has 1 aromatic carbocycles. The van der Waals surface area contributed by atoms with Crippen molar-refractivity contribution in [3.63, 3.8) is 0 Å². The van der Waals surface area contributed by atoms with Gasteiger partial charge in [-0.3, -0.25) is 4.79 Å². The van der Waals surface area contributed by atoms with Crippen LogP contribution in [-0.2, 0) is 11.2 Å². The monoisotopic (exact) mass is 324 g/mol. The zero-order valence-electron chi connectivity index (χ0n) is 12.8. The third kappa shape index (κ3) is 3.39. The second-order valence-corrected chi connectivity index (χ2v) is 6.59. The normalized spacial score (nSPS) is 23.3. The minimum Gasteiger partial charge on any atom is -0.508 e. The van der Waals surface area contributed by atoms with E-state index in [2.05, 4.69) is 0 Å². The molecule has 122 valence electrons. The lowest BCUT2D eigenvalue weighted by Gasteiger charge is -2.42. The molecule has 4 nitrogen and oxygen atoms in total. The molecule has 1 aromatic rings. The molecule has 0 bridgehead atoms. The number of likely N-dealkylation sites (tertiary alicyclic amines) is 1. The zero-order valence-corrected chi connectivity index (χ0v) is 13.6. The minimum absolute atomic E-state index is 0. The predicted molar refractivity (Wildman–Crippen MR) is 89.1 cm³/mol. The number of nitrogens with two attached hydrogens (primary N) is 1. The fourth-order valence-corrected chi connectivity index (χ4v) is 3.94. The highest BCUT2D eigenvalue weighted by Gasteiger charge is 2.43. The summed E-state index contributed by atoms with van der Waals surface area (Å²) < 4.78 is 0. The number of amides is 1. The molecule has 1 aliphatic heterocycles. The third-order valence-corrected chi connectivity index (χ3v) is 5.35. The summed E-state index contributed by atoms with van der Waals surface area (Å²) in [5.74, 6) is 0.372. The summed E-state index contributed by atoms with van der Waals surface area (Å²) in [5, 5.41) is 9.47. The summed E-state index contributed by atoms with van der Waals surface area (Å²) >= 11 is 0. The Bertz CT molecular complexity index is 527. The standard InChI is InChI=1S/C17H24N2O2.ClH/c18-15-5-2-6-17(15)7-9-19(10-8-17)16(21)12-13-3-1-4-14(20)11-13;/h1,3-4,11,15,20H,2,5-10,12,18H2;1H. The number of hydrogen-bond acceptors (Lipinski definition) is 3. The minimum atomic E-state index is 0. The van der Waals surface area contributed by atoms with Gasteiger partial charge < -0.3 is 15.7 Å². The lowest BCUT2D eigenvalue weighted by Crippen LogP contribution is -2.48. The number of nitrogens with zero attached hydrogens (tertiary/aromatic N) is 1. The van der Waals surface area contributed by atoms with E-state index in [0.29, 0.717) is 17.9 Å². The Morgan fingerprint density at radius 2 is 2.05 bits per heavy atom. The number of hydrogen-bond donors (Lipinski definition) is 2. The molecular formula is C17H25ClN2O2. The molecule has 0 aromatic heterocycles. The van der Waals surface area contributed by atoms with E-state index in [4.69, 9.17) is 5.73 Å². The summed E-state index contributed by atoms with van der Waals surface area (Å²) in [7, 11) is 0. The van der Waals surface area contributed by atoms with Crippen molar-refractivity contribution < 1.29 is 9.90 Å². The van der Waals surface area contributed by atoms with Crippen LogP contribution in [0.2, 0.25) is 0 Å². The Kier molecular flexibility index (Phi) is 5.35.